The molecule has 0 bridgehead atoms. The minimum Gasteiger partial charge on any atom is -0.385 e. The van der Waals surface area contributed by atoms with Crippen LogP contribution < -0.4 is 5.32 Å². The number of fused-ring (bicyclic) bond motifs is 1. The summed E-state index contributed by atoms with van der Waals surface area (Å²) in [7, 11) is 0. The van der Waals surface area contributed by atoms with Crippen molar-refractivity contribution in [2.24, 2.45) is 0 Å². The van der Waals surface area contributed by atoms with E-state index in [1.807, 2.05) is 24.3 Å². The first-order valence-electron chi connectivity index (χ1n) is 8.52. The maximum Gasteiger partial charge on any atom is 0.416 e. The van der Waals surface area contributed by atoms with Gasteiger partial charge in [-0.3, -0.25) is 0 Å². The maximum absolute atomic E-state index is 12.8. The Morgan fingerprint density at radius 2 is 1.65 bits per heavy atom. The average Bonchev–Trinajstić information content (AvgIpc) is 2.64. The third-order valence-electron chi connectivity index (χ3n) is 4.35. The lowest BCUT2D eigenvalue weighted by Gasteiger charge is -2.13. The normalized spacial score (nSPS) is 11.5. The van der Waals surface area contributed by atoms with E-state index < -0.39 is 11.7 Å². The van der Waals surface area contributed by atoms with Gasteiger partial charge in [0.1, 0.15) is 0 Å². The predicted octanol–water partition coefficient (Wildman–Crippen LogP) is 6.05. The van der Waals surface area contributed by atoms with Crippen molar-refractivity contribution >= 4 is 16.5 Å². The fourth-order valence-corrected chi connectivity index (χ4v) is 3.02. The van der Waals surface area contributed by atoms with Gasteiger partial charge in [0, 0.05) is 17.8 Å². The van der Waals surface area contributed by atoms with Gasteiger partial charge >= 0.3 is 6.18 Å². The van der Waals surface area contributed by atoms with Gasteiger partial charge in [0.05, 0.1) is 5.56 Å². The molecule has 134 valence electrons. The molecule has 0 spiro atoms. The number of alkyl halides is 3. The van der Waals surface area contributed by atoms with Crippen molar-refractivity contribution in [2.75, 3.05) is 6.54 Å². The quantitative estimate of drug-likeness (QED) is 0.531. The Kier molecular flexibility index (Phi) is 5.31. The zero-order chi connectivity index (χ0) is 18.6. The molecule has 0 aliphatic heterocycles. The van der Waals surface area contributed by atoms with Gasteiger partial charge < -0.3 is 5.32 Å². The van der Waals surface area contributed by atoms with Gasteiger partial charge in [0.2, 0.25) is 0 Å². The Hall–Kier alpha value is -2.75. The third-order valence-corrected chi connectivity index (χ3v) is 4.35. The van der Waals surface area contributed by atoms with Gasteiger partial charge in [-0.2, -0.15) is 13.2 Å². The highest BCUT2D eigenvalue weighted by Gasteiger charge is 2.30. The minimum atomic E-state index is -4.29. The van der Waals surface area contributed by atoms with E-state index in [0.29, 0.717) is 18.5 Å². The predicted molar refractivity (Wildman–Crippen MR) is 101 cm³/mol. The molecule has 0 aliphatic carbocycles. The summed E-state index contributed by atoms with van der Waals surface area (Å²) < 4.78 is 38.3. The Balaban J connectivity index is 1.58. The summed E-state index contributed by atoms with van der Waals surface area (Å²) in [5.41, 5.74) is 1.97. The first-order valence-corrected chi connectivity index (χ1v) is 8.52. The zero-order valence-corrected chi connectivity index (χ0v) is 14.3. The molecule has 0 amide bonds. The van der Waals surface area contributed by atoms with E-state index in [4.69, 9.17) is 0 Å². The number of aryl methyl sites for hydroxylation is 1. The summed E-state index contributed by atoms with van der Waals surface area (Å²) >= 11 is 0. The molecule has 0 fully saturated rings. The van der Waals surface area contributed by atoms with E-state index in [-0.39, 0.29) is 0 Å². The second-order valence-corrected chi connectivity index (χ2v) is 6.23. The van der Waals surface area contributed by atoms with Crippen LogP contribution >= 0.6 is 0 Å². The lowest BCUT2D eigenvalue weighted by atomic mass is 10.0. The van der Waals surface area contributed by atoms with E-state index in [1.165, 1.54) is 12.1 Å². The van der Waals surface area contributed by atoms with Crippen LogP contribution in [0.5, 0.6) is 0 Å². The van der Waals surface area contributed by atoms with Crippen LogP contribution in [0.25, 0.3) is 16.5 Å². The zero-order valence-electron chi connectivity index (χ0n) is 14.3. The van der Waals surface area contributed by atoms with Gasteiger partial charge in [0.25, 0.3) is 0 Å². The number of halogens is 3. The van der Waals surface area contributed by atoms with Crippen molar-refractivity contribution in [2.45, 2.75) is 19.0 Å². The summed E-state index contributed by atoms with van der Waals surface area (Å²) in [4.78, 5) is 0. The molecular formula is C22H20F3N. The molecule has 0 radical (unpaired) electrons. The Bertz CT molecular complexity index is 907. The van der Waals surface area contributed by atoms with E-state index in [9.17, 15) is 13.2 Å². The first kappa shape index (κ1) is 18.1. The van der Waals surface area contributed by atoms with E-state index in [1.54, 1.807) is 6.07 Å². The summed E-state index contributed by atoms with van der Waals surface area (Å²) in [5, 5.41) is 5.57. The van der Waals surface area contributed by atoms with Crippen LogP contribution in [0.2, 0.25) is 0 Å². The summed E-state index contributed by atoms with van der Waals surface area (Å²) in [6, 6.07) is 19.7. The van der Waals surface area contributed by atoms with Crippen LogP contribution in [0.4, 0.5) is 13.2 Å². The fraction of sp³-hybridized carbons (Fsp3) is 0.182. The van der Waals surface area contributed by atoms with Crippen molar-refractivity contribution in [1.29, 1.82) is 0 Å². The van der Waals surface area contributed by atoms with Crippen LogP contribution in [-0.2, 0) is 12.6 Å². The standard InChI is InChI=1S/C22H20F3N/c1-16(20-13-5-10-18-9-2-3-12-21(18)20)26-14-6-8-17-7-4-11-19(15-17)22(23,24)25/h2-5,7,9-13,15,26H,1,6,8,14H2. The Morgan fingerprint density at radius 3 is 2.46 bits per heavy atom. The Morgan fingerprint density at radius 1 is 0.923 bits per heavy atom. The molecule has 3 aromatic rings. The molecule has 26 heavy (non-hydrogen) atoms. The number of nitrogens with one attached hydrogen (secondary N) is 1. The molecule has 0 atom stereocenters. The van der Waals surface area contributed by atoms with Crippen LogP contribution in [0.3, 0.4) is 0 Å². The first-order chi connectivity index (χ1) is 12.4. The van der Waals surface area contributed by atoms with Crippen LogP contribution in [0.15, 0.2) is 73.3 Å². The van der Waals surface area contributed by atoms with Crippen LogP contribution in [0.1, 0.15) is 23.1 Å². The second kappa shape index (κ2) is 7.65. The van der Waals surface area contributed by atoms with Crippen LogP contribution in [0, 0.1) is 0 Å². The molecule has 0 saturated heterocycles. The molecule has 3 rings (SSSR count). The van der Waals surface area contributed by atoms with E-state index in [0.717, 1.165) is 34.5 Å². The monoisotopic (exact) mass is 355 g/mol. The van der Waals surface area contributed by atoms with E-state index in [2.05, 4.69) is 30.1 Å². The van der Waals surface area contributed by atoms with Gasteiger partial charge in [-0.25, -0.2) is 0 Å². The van der Waals surface area contributed by atoms with Crippen molar-refractivity contribution in [3.63, 3.8) is 0 Å². The SMILES string of the molecule is C=C(NCCCc1cccc(C(F)(F)F)c1)c1cccc2ccccc12. The second-order valence-electron chi connectivity index (χ2n) is 6.23. The van der Waals surface area contributed by atoms with E-state index >= 15 is 0 Å². The molecular weight excluding hydrogens is 335 g/mol. The molecule has 0 unspecified atom stereocenters. The molecule has 0 aromatic heterocycles. The lowest BCUT2D eigenvalue weighted by molar-refractivity contribution is -0.137. The number of hydrogen-bond donors (Lipinski definition) is 1. The van der Waals surface area contributed by atoms with Gasteiger partial charge in [-0.15, -0.1) is 0 Å². The summed E-state index contributed by atoms with van der Waals surface area (Å²) in [6.45, 7) is 4.76. The number of benzene rings is 3. The summed E-state index contributed by atoms with van der Waals surface area (Å²) in [5.74, 6) is 0. The molecule has 4 heteroatoms. The van der Waals surface area contributed by atoms with Gasteiger partial charge in [-0.05, 0) is 35.2 Å². The van der Waals surface area contributed by atoms with Crippen molar-refractivity contribution in [1.82, 2.24) is 5.32 Å². The van der Waals surface area contributed by atoms with Crippen molar-refractivity contribution in [3.8, 4) is 0 Å². The molecule has 0 heterocycles. The molecule has 1 nitrogen and oxygen atoms in total. The maximum atomic E-state index is 12.8. The van der Waals surface area contributed by atoms with Gasteiger partial charge in [-0.1, -0.05) is 67.2 Å². The van der Waals surface area contributed by atoms with Crippen molar-refractivity contribution < 1.29 is 13.2 Å². The highest BCUT2D eigenvalue weighted by molar-refractivity contribution is 5.93. The smallest absolute Gasteiger partial charge is 0.385 e. The number of hydrogen-bond acceptors (Lipinski definition) is 1. The topological polar surface area (TPSA) is 12.0 Å². The fourth-order valence-electron chi connectivity index (χ4n) is 3.02. The summed E-state index contributed by atoms with van der Waals surface area (Å²) in [6.07, 6.45) is -2.98. The molecule has 3 aromatic carbocycles. The largest absolute Gasteiger partial charge is 0.416 e. The molecule has 0 saturated carbocycles. The minimum absolute atomic E-state index is 0.583. The average molecular weight is 355 g/mol. The van der Waals surface area contributed by atoms with Crippen LogP contribution in [-0.4, -0.2) is 6.54 Å². The molecule has 1 N–H and O–H groups in total. The molecule has 0 aliphatic rings. The van der Waals surface area contributed by atoms with Crippen molar-refractivity contribution in [3.05, 3.63) is 90.0 Å². The third kappa shape index (κ3) is 4.26. The van der Waals surface area contributed by atoms with Gasteiger partial charge in [0.15, 0.2) is 0 Å². The highest BCUT2D eigenvalue weighted by atomic mass is 19.4. The number of rotatable bonds is 6. The Labute approximate surface area is 151 Å². The highest BCUT2D eigenvalue weighted by Crippen LogP contribution is 2.29. The lowest BCUT2D eigenvalue weighted by Crippen LogP contribution is -2.14.